The van der Waals surface area contributed by atoms with Crippen molar-refractivity contribution in [3.63, 3.8) is 0 Å². The minimum absolute atomic E-state index is 0.0222. The molecule has 0 bridgehead atoms. The standard InChI is InChI=1S/C15H18BrN3O/c1-9-4-5-19(8-9)15-17-13-11(14(20)18(15)3)6-10(2)7-12(13)16/h6-7,9H,4-5,8H2,1-3H3. The molecular formula is C15H18BrN3O. The van der Waals surface area contributed by atoms with E-state index >= 15 is 0 Å². The monoisotopic (exact) mass is 335 g/mol. The van der Waals surface area contributed by atoms with Gasteiger partial charge < -0.3 is 4.90 Å². The van der Waals surface area contributed by atoms with Crippen LogP contribution in [0.5, 0.6) is 0 Å². The number of hydrogen-bond donors (Lipinski definition) is 0. The molecule has 1 aliphatic heterocycles. The van der Waals surface area contributed by atoms with E-state index in [4.69, 9.17) is 4.98 Å². The Kier molecular flexibility index (Phi) is 3.32. The van der Waals surface area contributed by atoms with E-state index in [1.807, 2.05) is 26.1 Å². The molecule has 0 saturated carbocycles. The van der Waals surface area contributed by atoms with Gasteiger partial charge in [0.1, 0.15) is 0 Å². The van der Waals surface area contributed by atoms with E-state index in [1.54, 1.807) is 4.57 Å². The fourth-order valence-corrected chi connectivity index (χ4v) is 3.52. The highest BCUT2D eigenvalue weighted by atomic mass is 79.9. The third-order valence-electron chi connectivity index (χ3n) is 3.96. The van der Waals surface area contributed by atoms with Gasteiger partial charge in [0, 0.05) is 24.6 Å². The van der Waals surface area contributed by atoms with E-state index in [0.29, 0.717) is 11.3 Å². The molecule has 1 unspecified atom stereocenters. The lowest BCUT2D eigenvalue weighted by Crippen LogP contribution is -2.30. The first-order chi connectivity index (χ1) is 9.47. The Morgan fingerprint density at radius 3 is 2.80 bits per heavy atom. The van der Waals surface area contributed by atoms with E-state index in [9.17, 15) is 4.79 Å². The van der Waals surface area contributed by atoms with Gasteiger partial charge in [0.25, 0.3) is 5.56 Å². The Morgan fingerprint density at radius 2 is 2.15 bits per heavy atom. The highest BCUT2D eigenvalue weighted by Crippen LogP contribution is 2.26. The Labute approximate surface area is 126 Å². The minimum atomic E-state index is 0.0222. The smallest absolute Gasteiger partial charge is 0.262 e. The maximum atomic E-state index is 12.6. The second kappa shape index (κ2) is 4.88. The maximum absolute atomic E-state index is 12.6. The number of halogens is 1. The second-order valence-electron chi connectivity index (χ2n) is 5.76. The van der Waals surface area contributed by atoms with E-state index in [-0.39, 0.29) is 5.56 Å². The number of aromatic nitrogens is 2. The average Bonchev–Trinajstić information content (AvgIpc) is 2.81. The van der Waals surface area contributed by atoms with Crippen LogP contribution in [0, 0.1) is 12.8 Å². The van der Waals surface area contributed by atoms with Crippen LogP contribution >= 0.6 is 15.9 Å². The van der Waals surface area contributed by atoms with Crippen molar-refractivity contribution in [2.75, 3.05) is 18.0 Å². The number of hydrogen-bond acceptors (Lipinski definition) is 3. The van der Waals surface area contributed by atoms with Crippen LogP contribution in [0.15, 0.2) is 21.4 Å². The normalized spacial score (nSPS) is 19.0. The summed E-state index contributed by atoms with van der Waals surface area (Å²) in [5.41, 5.74) is 1.84. The molecule has 2 aromatic rings. The Bertz CT molecular complexity index is 738. The summed E-state index contributed by atoms with van der Waals surface area (Å²) in [5.74, 6) is 1.43. The van der Waals surface area contributed by atoms with Crippen LogP contribution in [0.2, 0.25) is 0 Å². The van der Waals surface area contributed by atoms with Crippen molar-refractivity contribution in [3.8, 4) is 0 Å². The fourth-order valence-electron chi connectivity index (χ4n) is 2.86. The Morgan fingerprint density at radius 1 is 1.40 bits per heavy atom. The predicted molar refractivity (Wildman–Crippen MR) is 85.4 cm³/mol. The van der Waals surface area contributed by atoms with E-state index < -0.39 is 0 Å². The van der Waals surface area contributed by atoms with Crippen molar-refractivity contribution >= 4 is 32.8 Å². The van der Waals surface area contributed by atoms with Crippen molar-refractivity contribution in [2.24, 2.45) is 13.0 Å². The number of nitrogens with zero attached hydrogens (tertiary/aromatic N) is 3. The lowest BCUT2D eigenvalue weighted by atomic mass is 10.2. The van der Waals surface area contributed by atoms with Crippen molar-refractivity contribution in [1.82, 2.24) is 9.55 Å². The molecule has 1 aromatic heterocycles. The van der Waals surface area contributed by atoms with Gasteiger partial charge in [0.05, 0.1) is 10.9 Å². The zero-order chi connectivity index (χ0) is 14.4. The lowest BCUT2D eigenvalue weighted by molar-refractivity contribution is 0.655. The number of aryl methyl sites for hydroxylation is 1. The summed E-state index contributed by atoms with van der Waals surface area (Å²) in [6.07, 6.45) is 1.16. The molecule has 106 valence electrons. The molecule has 5 heteroatoms. The van der Waals surface area contributed by atoms with Gasteiger partial charge in [-0.25, -0.2) is 4.98 Å². The number of anilines is 1. The molecule has 1 aliphatic rings. The van der Waals surface area contributed by atoms with Gasteiger partial charge in [0.15, 0.2) is 0 Å². The highest BCUT2D eigenvalue weighted by molar-refractivity contribution is 9.10. The van der Waals surface area contributed by atoms with Crippen LogP contribution in [0.1, 0.15) is 18.9 Å². The first kappa shape index (κ1) is 13.6. The summed E-state index contributed by atoms with van der Waals surface area (Å²) in [6.45, 7) is 6.16. The van der Waals surface area contributed by atoms with Crippen molar-refractivity contribution < 1.29 is 0 Å². The second-order valence-corrected chi connectivity index (χ2v) is 6.61. The molecule has 2 heterocycles. The number of fused-ring (bicyclic) bond motifs is 1. The average molecular weight is 336 g/mol. The van der Waals surface area contributed by atoms with E-state index in [1.165, 1.54) is 0 Å². The summed E-state index contributed by atoms with van der Waals surface area (Å²) in [4.78, 5) is 19.5. The molecule has 20 heavy (non-hydrogen) atoms. The molecule has 0 spiro atoms. The third kappa shape index (κ3) is 2.14. The van der Waals surface area contributed by atoms with Crippen molar-refractivity contribution in [2.45, 2.75) is 20.3 Å². The van der Waals surface area contributed by atoms with Gasteiger partial charge in [0.2, 0.25) is 5.95 Å². The van der Waals surface area contributed by atoms with Crippen LogP contribution in [-0.2, 0) is 7.05 Å². The molecule has 1 fully saturated rings. The third-order valence-corrected chi connectivity index (χ3v) is 4.57. The van der Waals surface area contributed by atoms with E-state index in [2.05, 4.69) is 27.8 Å². The molecule has 1 aromatic carbocycles. The Hall–Kier alpha value is -1.36. The molecule has 1 saturated heterocycles. The number of benzene rings is 1. The summed E-state index contributed by atoms with van der Waals surface area (Å²) in [6, 6.07) is 3.91. The molecular weight excluding hydrogens is 318 g/mol. The van der Waals surface area contributed by atoms with Gasteiger partial charge in [-0.05, 0) is 52.9 Å². The zero-order valence-electron chi connectivity index (χ0n) is 12.0. The molecule has 0 N–H and O–H groups in total. The van der Waals surface area contributed by atoms with Crippen LogP contribution in [0.4, 0.5) is 5.95 Å². The first-order valence-corrected chi connectivity index (χ1v) is 7.68. The highest BCUT2D eigenvalue weighted by Gasteiger charge is 2.23. The summed E-state index contributed by atoms with van der Waals surface area (Å²) in [5, 5.41) is 0.676. The zero-order valence-corrected chi connectivity index (χ0v) is 13.6. The summed E-state index contributed by atoms with van der Waals surface area (Å²) < 4.78 is 2.56. The maximum Gasteiger partial charge on any atom is 0.262 e. The van der Waals surface area contributed by atoms with Gasteiger partial charge in [-0.3, -0.25) is 9.36 Å². The largest absolute Gasteiger partial charge is 0.342 e. The van der Waals surface area contributed by atoms with Gasteiger partial charge in [-0.1, -0.05) is 6.92 Å². The van der Waals surface area contributed by atoms with Gasteiger partial charge in [-0.2, -0.15) is 0 Å². The molecule has 4 nitrogen and oxygen atoms in total. The summed E-state index contributed by atoms with van der Waals surface area (Å²) >= 11 is 3.53. The number of rotatable bonds is 1. The molecule has 0 aliphatic carbocycles. The van der Waals surface area contributed by atoms with Crippen LogP contribution in [0.3, 0.4) is 0 Å². The lowest BCUT2D eigenvalue weighted by Gasteiger charge is -2.20. The van der Waals surface area contributed by atoms with Crippen molar-refractivity contribution in [3.05, 3.63) is 32.5 Å². The molecule has 1 atom stereocenters. The van der Waals surface area contributed by atoms with Gasteiger partial charge in [-0.15, -0.1) is 0 Å². The molecule has 3 rings (SSSR count). The van der Waals surface area contributed by atoms with Gasteiger partial charge >= 0.3 is 0 Å². The SMILES string of the molecule is Cc1cc(Br)c2nc(N3CCC(C)C3)n(C)c(=O)c2c1. The van der Waals surface area contributed by atoms with E-state index in [0.717, 1.165) is 41.0 Å². The summed E-state index contributed by atoms with van der Waals surface area (Å²) in [7, 11) is 1.81. The van der Waals surface area contributed by atoms with Crippen LogP contribution in [-0.4, -0.2) is 22.6 Å². The van der Waals surface area contributed by atoms with Crippen molar-refractivity contribution in [1.29, 1.82) is 0 Å². The fraction of sp³-hybridized carbons (Fsp3) is 0.467. The first-order valence-electron chi connectivity index (χ1n) is 6.89. The minimum Gasteiger partial charge on any atom is -0.342 e. The van der Waals surface area contributed by atoms with Crippen LogP contribution in [0.25, 0.3) is 10.9 Å². The van der Waals surface area contributed by atoms with Crippen LogP contribution < -0.4 is 10.5 Å². The topological polar surface area (TPSA) is 38.1 Å². The molecule has 0 amide bonds. The quantitative estimate of drug-likeness (QED) is 0.804. The predicted octanol–water partition coefficient (Wildman–Crippen LogP) is 2.85. The Balaban J connectivity index is 2.25. The molecule has 0 radical (unpaired) electrons.